The third-order valence-corrected chi connectivity index (χ3v) is 1.69. The molecule has 0 atom stereocenters. The quantitative estimate of drug-likeness (QED) is 0.844. The van der Waals surface area contributed by atoms with Crippen molar-refractivity contribution in [1.82, 2.24) is 4.98 Å². The van der Waals surface area contributed by atoms with E-state index in [-0.39, 0.29) is 6.07 Å². The lowest BCUT2D eigenvalue weighted by atomic mass is 10.2. The molecule has 0 bridgehead atoms. The molecule has 1 aromatic rings. The van der Waals surface area contributed by atoms with Crippen molar-refractivity contribution < 1.29 is 35.8 Å². The van der Waals surface area contributed by atoms with Gasteiger partial charge < -0.3 is 9.47 Å². The second-order valence-electron chi connectivity index (χ2n) is 2.95. The molecule has 1 N–H and O–H groups in total. The summed E-state index contributed by atoms with van der Waals surface area (Å²) in [6.45, 7) is 0. The first-order valence-electron chi connectivity index (χ1n) is 4.19. The van der Waals surface area contributed by atoms with Crippen molar-refractivity contribution >= 4 is 0 Å². The predicted octanol–water partition coefficient (Wildman–Crippen LogP) is 2.30. The number of hydrogen-bond donors (Lipinski definition) is 1. The summed E-state index contributed by atoms with van der Waals surface area (Å²) in [5.74, 6) is -2.83. The number of hydrogen-bond acceptors (Lipinski definition) is 3. The second kappa shape index (κ2) is 4.42. The van der Waals surface area contributed by atoms with Crippen LogP contribution >= 0.6 is 0 Å². The average Bonchev–Trinajstić information content (AvgIpc) is 2.11. The molecule has 102 valence electrons. The van der Waals surface area contributed by atoms with Gasteiger partial charge in [-0.1, -0.05) is 0 Å². The predicted molar refractivity (Wildman–Crippen MR) is 45.3 cm³/mol. The first kappa shape index (κ1) is 14.2. The zero-order valence-electron chi connectivity index (χ0n) is 8.57. The van der Waals surface area contributed by atoms with E-state index in [4.69, 9.17) is 0 Å². The number of nitrogens with one attached hydrogen (secondary N) is 1. The summed E-state index contributed by atoms with van der Waals surface area (Å²) in [6.07, 6.45) is -10.5. The lowest BCUT2D eigenvalue weighted by molar-refractivity contribution is -0.276. The maximum atomic E-state index is 12.6. The van der Waals surface area contributed by atoms with E-state index in [9.17, 15) is 31.1 Å². The van der Waals surface area contributed by atoms with Crippen LogP contribution < -0.4 is 15.0 Å². The Bertz CT molecular complexity index is 489. The molecule has 0 unspecified atom stereocenters. The van der Waals surface area contributed by atoms with Gasteiger partial charge in [0, 0.05) is 6.07 Å². The van der Waals surface area contributed by atoms with Crippen molar-refractivity contribution in [1.29, 1.82) is 0 Å². The Morgan fingerprint density at radius 2 is 1.72 bits per heavy atom. The van der Waals surface area contributed by atoms with Crippen LogP contribution in [0.3, 0.4) is 0 Å². The van der Waals surface area contributed by atoms with Crippen LogP contribution in [0.5, 0.6) is 11.6 Å². The molecular weight excluding hydrogens is 272 g/mol. The molecule has 0 aliphatic heterocycles. The number of pyridine rings is 1. The van der Waals surface area contributed by atoms with Gasteiger partial charge in [0.1, 0.15) is 0 Å². The number of aromatic nitrogens is 1. The summed E-state index contributed by atoms with van der Waals surface area (Å²) in [6, 6.07) is 0.0405. The van der Waals surface area contributed by atoms with Crippen LogP contribution in [0.2, 0.25) is 0 Å². The average molecular weight is 277 g/mol. The van der Waals surface area contributed by atoms with Crippen LogP contribution in [0.4, 0.5) is 26.3 Å². The maximum Gasteiger partial charge on any atom is 0.573 e. The second-order valence-corrected chi connectivity index (χ2v) is 2.95. The SMILES string of the molecule is COc1[nH]c(=O)cc(OC(F)(F)F)c1C(F)(F)F. The molecule has 1 rings (SSSR count). The number of aromatic amines is 1. The number of rotatable bonds is 2. The van der Waals surface area contributed by atoms with E-state index in [1.807, 2.05) is 0 Å². The molecule has 1 heterocycles. The third-order valence-electron chi connectivity index (χ3n) is 1.69. The lowest BCUT2D eigenvalue weighted by Gasteiger charge is -2.16. The number of alkyl halides is 6. The van der Waals surface area contributed by atoms with E-state index in [1.54, 1.807) is 4.98 Å². The minimum Gasteiger partial charge on any atom is -0.482 e. The number of halogens is 6. The molecule has 0 spiro atoms. The van der Waals surface area contributed by atoms with Gasteiger partial charge in [-0.05, 0) is 0 Å². The van der Waals surface area contributed by atoms with Gasteiger partial charge in [0.2, 0.25) is 5.88 Å². The van der Waals surface area contributed by atoms with Crippen molar-refractivity contribution in [3.05, 3.63) is 22.0 Å². The Hall–Kier alpha value is -1.87. The normalized spacial score (nSPS) is 12.4. The summed E-state index contributed by atoms with van der Waals surface area (Å²) in [4.78, 5) is 12.5. The van der Waals surface area contributed by atoms with Gasteiger partial charge in [-0.2, -0.15) is 13.2 Å². The standard InChI is InChI=1S/C8H5F6NO3/c1-17-6-5(7(9,10)11)3(2-4(16)15-6)18-8(12,13)14/h2H,1H3,(H,15,16). The van der Waals surface area contributed by atoms with Gasteiger partial charge in [-0.25, -0.2) is 0 Å². The smallest absolute Gasteiger partial charge is 0.482 e. The molecule has 0 aromatic carbocycles. The number of methoxy groups -OCH3 is 1. The van der Waals surface area contributed by atoms with Crippen molar-refractivity contribution in [3.8, 4) is 11.6 Å². The van der Waals surface area contributed by atoms with Crippen molar-refractivity contribution in [3.63, 3.8) is 0 Å². The van der Waals surface area contributed by atoms with Crippen LogP contribution in [-0.2, 0) is 6.18 Å². The van der Waals surface area contributed by atoms with Gasteiger partial charge >= 0.3 is 12.5 Å². The first-order valence-corrected chi connectivity index (χ1v) is 4.19. The van der Waals surface area contributed by atoms with E-state index in [1.165, 1.54) is 0 Å². The van der Waals surface area contributed by atoms with Gasteiger partial charge in [0.25, 0.3) is 5.56 Å². The van der Waals surface area contributed by atoms with Crippen molar-refractivity contribution in [2.75, 3.05) is 7.11 Å². The lowest BCUT2D eigenvalue weighted by Crippen LogP contribution is -2.23. The molecule has 0 saturated carbocycles. The molecule has 1 aromatic heterocycles. The van der Waals surface area contributed by atoms with Crippen LogP contribution in [0.25, 0.3) is 0 Å². The molecule has 0 aliphatic carbocycles. The zero-order valence-corrected chi connectivity index (χ0v) is 8.57. The Morgan fingerprint density at radius 3 is 2.11 bits per heavy atom. The van der Waals surface area contributed by atoms with Crippen molar-refractivity contribution in [2.24, 2.45) is 0 Å². The van der Waals surface area contributed by atoms with E-state index >= 15 is 0 Å². The van der Waals surface area contributed by atoms with Gasteiger partial charge in [0.05, 0.1) is 7.11 Å². The fourth-order valence-corrected chi connectivity index (χ4v) is 1.14. The molecular formula is C8H5F6NO3. The topological polar surface area (TPSA) is 51.3 Å². The van der Waals surface area contributed by atoms with E-state index in [0.29, 0.717) is 0 Å². The molecule has 18 heavy (non-hydrogen) atoms. The first-order chi connectivity index (χ1) is 8.04. The molecule has 0 fully saturated rings. The molecule has 4 nitrogen and oxygen atoms in total. The Kier molecular flexibility index (Phi) is 3.49. The largest absolute Gasteiger partial charge is 0.573 e. The van der Waals surface area contributed by atoms with E-state index in [2.05, 4.69) is 9.47 Å². The molecule has 0 saturated heterocycles. The van der Waals surface area contributed by atoms with Gasteiger partial charge in [0.15, 0.2) is 11.3 Å². The number of H-pyrrole nitrogens is 1. The maximum absolute atomic E-state index is 12.6. The van der Waals surface area contributed by atoms with Crippen LogP contribution in [-0.4, -0.2) is 18.5 Å². The van der Waals surface area contributed by atoms with Crippen molar-refractivity contribution in [2.45, 2.75) is 12.5 Å². The fraction of sp³-hybridized carbons (Fsp3) is 0.375. The van der Waals surface area contributed by atoms with E-state index < -0.39 is 35.3 Å². The summed E-state index contributed by atoms with van der Waals surface area (Å²) in [5, 5.41) is 0. The summed E-state index contributed by atoms with van der Waals surface area (Å²) < 4.78 is 80.8. The van der Waals surface area contributed by atoms with Crippen LogP contribution in [0.1, 0.15) is 5.56 Å². The van der Waals surface area contributed by atoms with Crippen LogP contribution in [0, 0.1) is 0 Å². The molecule has 0 aliphatic rings. The summed E-state index contributed by atoms with van der Waals surface area (Å²) in [5.41, 5.74) is -3.07. The highest BCUT2D eigenvalue weighted by Gasteiger charge is 2.42. The van der Waals surface area contributed by atoms with Crippen LogP contribution in [0.15, 0.2) is 10.9 Å². The molecule has 10 heteroatoms. The summed E-state index contributed by atoms with van der Waals surface area (Å²) in [7, 11) is 0.762. The monoisotopic (exact) mass is 277 g/mol. The molecule has 0 amide bonds. The minimum atomic E-state index is -5.36. The highest BCUT2D eigenvalue weighted by Crippen LogP contribution is 2.41. The Morgan fingerprint density at radius 1 is 1.17 bits per heavy atom. The third kappa shape index (κ3) is 3.31. The highest BCUT2D eigenvalue weighted by molar-refractivity contribution is 5.42. The Labute approximate surface area is 95.1 Å². The highest BCUT2D eigenvalue weighted by atomic mass is 19.4. The zero-order chi connectivity index (χ0) is 14.1. The molecule has 0 radical (unpaired) electrons. The Balaban J connectivity index is 3.48. The summed E-state index contributed by atoms with van der Waals surface area (Å²) >= 11 is 0. The minimum absolute atomic E-state index is 0.0405. The fourth-order valence-electron chi connectivity index (χ4n) is 1.14. The number of ether oxygens (including phenoxy) is 2. The van der Waals surface area contributed by atoms with E-state index in [0.717, 1.165) is 7.11 Å². The van der Waals surface area contributed by atoms with Gasteiger partial charge in [-0.15, -0.1) is 13.2 Å². The van der Waals surface area contributed by atoms with Gasteiger partial charge in [-0.3, -0.25) is 9.78 Å².